The van der Waals surface area contributed by atoms with Gasteiger partial charge in [0.15, 0.2) is 0 Å². The molecule has 0 aliphatic heterocycles. The van der Waals surface area contributed by atoms with E-state index in [4.69, 9.17) is 33.0 Å². The van der Waals surface area contributed by atoms with Gasteiger partial charge in [-0.1, -0.05) is 23.2 Å². The van der Waals surface area contributed by atoms with Gasteiger partial charge in [0.25, 0.3) is 0 Å². The van der Waals surface area contributed by atoms with Crippen LogP contribution in [0.1, 0.15) is 0 Å². The van der Waals surface area contributed by atoms with Gasteiger partial charge in [0.05, 0.1) is 12.6 Å². The molecule has 84 valence electrons. The molecule has 1 rings (SSSR count). The van der Waals surface area contributed by atoms with E-state index in [-0.39, 0.29) is 12.6 Å². The molecule has 0 aliphatic rings. The highest BCUT2D eigenvalue weighted by Crippen LogP contribution is 2.24. The summed E-state index contributed by atoms with van der Waals surface area (Å²) < 4.78 is 5.42. The highest BCUT2D eigenvalue weighted by molar-refractivity contribution is 6.34. The summed E-state index contributed by atoms with van der Waals surface area (Å²) >= 11 is 11.6. The van der Waals surface area contributed by atoms with Gasteiger partial charge in [-0.25, -0.2) is 0 Å². The van der Waals surface area contributed by atoms with Gasteiger partial charge in [-0.2, -0.15) is 0 Å². The van der Waals surface area contributed by atoms with Gasteiger partial charge in [-0.15, -0.1) is 0 Å². The van der Waals surface area contributed by atoms with Gasteiger partial charge in [-0.05, 0) is 25.2 Å². The summed E-state index contributed by atoms with van der Waals surface area (Å²) in [6.07, 6.45) is 0. The Hall–Kier alpha value is -0.480. The molecule has 1 aromatic rings. The summed E-state index contributed by atoms with van der Waals surface area (Å²) in [4.78, 5) is 0. The summed E-state index contributed by atoms with van der Waals surface area (Å²) in [5.41, 5.74) is 0. The molecule has 0 aliphatic carbocycles. The molecule has 0 radical (unpaired) electrons. The number of nitrogens with one attached hydrogen (secondary N) is 1. The van der Waals surface area contributed by atoms with Crippen molar-refractivity contribution < 1.29 is 9.84 Å². The Morgan fingerprint density at radius 3 is 2.40 bits per heavy atom. The lowest BCUT2D eigenvalue weighted by atomic mass is 10.3. The number of ether oxygens (including phenoxy) is 1. The summed E-state index contributed by atoms with van der Waals surface area (Å²) in [6, 6.07) is 4.90. The Kier molecular flexibility index (Phi) is 5.19. The first-order valence-electron chi connectivity index (χ1n) is 4.52. The zero-order valence-corrected chi connectivity index (χ0v) is 9.85. The number of likely N-dealkylation sites (N-methyl/N-ethyl adjacent to an activating group) is 1. The maximum atomic E-state index is 8.92. The molecule has 5 heteroatoms. The van der Waals surface area contributed by atoms with E-state index >= 15 is 0 Å². The number of benzene rings is 1. The summed E-state index contributed by atoms with van der Waals surface area (Å²) in [5, 5.41) is 12.9. The number of aliphatic hydroxyl groups is 1. The normalized spacial score (nSPS) is 12.5. The van der Waals surface area contributed by atoms with Gasteiger partial charge in [-0.3, -0.25) is 0 Å². The maximum absolute atomic E-state index is 8.92. The van der Waals surface area contributed by atoms with E-state index in [0.29, 0.717) is 22.4 Å². The Labute approximate surface area is 99.0 Å². The van der Waals surface area contributed by atoms with Crippen molar-refractivity contribution in [2.24, 2.45) is 0 Å². The maximum Gasteiger partial charge on any atom is 0.122 e. The second-order valence-electron chi connectivity index (χ2n) is 3.08. The molecule has 0 spiro atoms. The van der Waals surface area contributed by atoms with Crippen LogP contribution in [0.25, 0.3) is 0 Å². The minimum absolute atomic E-state index is 0.0186. The minimum atomic E-state index is -0.0947. The SMILES string of the molecule is CNC(CO)COc1cc(Cl)cc(Cl)c1. The topological polar surface area (TPSA) is 41.5 Å². The first-order valence-corrected chi connectivity index (χ1v) is 5.28. The fraction of sp³-hybridized carbons (Fsp3) is 0.400. The van der Waals surface area contributed by atoms with Gasteiger partial charge < -0.3 is 15.2 Å². The molecule has 1 unspecified atom stereocenters. The Morgan fingerprint density at radius 1 is 1.33 bits per heavy atom. The molecule has 2 N–H and O–H groups in total. The van der Waals surface area contributed by atoms with Gasteiger partial charge in [0.1, 0.15) is 12.4 Å². The first-order chi connectivity index (χ1) is 7.15. The molecule has 0 heterocycles. The van der Waals surface area contributed by atoms with Crippen LogP contribution >= 0.6 is 23.2 Å². The van der Waals surface area contributed by atoms with E-state index in [1.165, 1.54) is 0 Å². The molecule has 1 aromatic carbocycles. The number of halogens is 2. The van der Waals surface area contributed by atoms with Crippen molar-refractivity contribution >= 4 is 23.2 Å². The Morgan fingerprint density at radius 2 is 1.93 bits per heavy atom. The third kappa shape index (κ3) is 4.26. The van der Waals surface area contributed by atoms with E-state index in [2.05, 4.69) is 5.32 Å². The second kappa shape index (κ2) is 6.18. The molecule has 1 atom stereocenters. The smallest absolute Gasteiger partial charge is 0.122 e. The van der Waals surface area contributed by atoms with Crippen molar-refractivity contribution in [3.63, 3.8) is 0 Å². The summed E-state index contributed by atoms with van der Waals surface area (Å²) in [6.45, 7) is 0.383. The molecule has 0 amide bonds. The molecule has 0 bridgehead atoms. The average molecular weight is 250 g/mol. The van der Waals surface area contributed by atoms with Crippen LogP contribution in [0, 0.1) is 0 Å². The van der Waals surface area contributed by atoms with Crippen LogP contribution in [-0.2, 0) is 0 Å². The number of hydrogen-bond donors (Lipinski definition) is 2. The molecule has 0 saturated heterocycles. The third-order valence-electron chi connectivity index (χ3n) is 1.92. The lowest BCUT2D eigenvalue weighted by molar-refractivity contribution is 0.189. The molecule has 3 nitrogen and oxygen atoms in total. The van der Waals surface area contributed by atoms with Gasteiger partial charge in [0.2, 0.25) is 0 Å². The van der Waals surface area contributed by atoms with Crippen molar-refractivity contribution in [2.45, 2.75) is 6.04 Å². The zero-order chi connectivity index (χ0) is 11.3. The van der Waals surface area contributed by atoms with E-state index in [1.807, 2.05) is 0 Å². The Bertz CT molecular complexity index is 296. The van der Waals surface area contributed by atoms with Crippen LogP contribution in [0.2, 0.25) is 10.0 Å². The predicted molar refractivity (Wildman–Crippen MR) is 61.9 cm³/mol. The highest BCUT2D eigenvalue weighted by Gasteiger charge is 2.05. The largest absolute Gasteiger partial charge is 0.492 e. The Balaban J connectivity index is 2.57. The van der Waals surface area contributed by atoms with Crippen LogP contribution in [0.4, 0.5) is 0 Å². The molecule has 0 saturated carbocycles. The fourth-order valence-corrected chi connectivity index (χ4v) is 1.54. The monoisotopic (exact) mass is 249 g/mol. The van der Waals surface area contributed by atoms with Crippen LogP contribution in [0.3, 0.4) is 0 Å². The van der Waals surface area contributed by atoms with Crippen LogP contribution in [-0.4, -0.2) is 31.4 Å². The summed E-state index contributed by atoms with van der Waals surface area (Å²) in [5.74, 6) is 0.598. The fourth-order valence-electron chi connectivity index (χ4n) is 1.04. The molecule has 15 heavy (non-hydrogen) atoms. The van der Waals surface area contributed by atoms with Crippen molar-refractivity contribution in [1.82, 2.24) is 5.32 Å². The number of aliphatic hydroxyl groups excluding tert-OH is 1. The molecular weight excluding hydrogens is 237 g/mol. The predicted octanol–water partition coefficient (Wildman–Crippen LogP) is 1.95. The standard InChI is InChI=1S/C10H13Cl2NO2/c1-13-9(5-14)6-15-10-3-7(11)2-8(12)4-10/h2-4,9,13-14H,5-6H2,1H3. The van der Waals surface area contributed by atoms with Crippen molar-refractivity contribution in [2.75, 3.05) is 20.3 Å². The van der Waals surface area contributed by atoms with Gasteiger partial charge >= 0.3 is 0 Å². The molecule has 0 aromatic heterocycles. The van der Waals surface area contributed by atoms with Crippen molar-refractivity contribution in [1.29, 1.82) is 0 Å². The van der Waals surface area contributed by atoms with Crippen LogP contribution < -0.4 is 10.1 Å². The molecule has 0 fully saturated rings. The number of hydrogen-bond acceptors (Lipinski definition) is 3. The quantitative estimate of drug-likeness (QED) is 0.839. The number of rotatable bonds is 5. The lowest BCUT2D eigenvalue weighted by Gasteiger charge is -2.14. The highest BCUT2D eigenvalue weighted by atomic mass is 35.5. The van der Waals surface area contributed by atoms with E-state index in [0.717, 1.165) is 0 Å². The zero-order valence-electron chi connectivity index (χ0n) is 8.34. The van der Waals surface area contributed by atoms with E-state index in [9.17, 15) is 0 Å². The first kappa shape index (κ1) is 12.6. The van der Waals surface area contributed by atoms with E-state index in [1.54, 1.807) is 25.2 Å². The minimum Gasteiger partial charge on any atom is -0.492 e. The van der Waals surface area contributed by atoms with Crippen LogP contribution in [0.15, 0.2) is 18.2 Å². The van der Waals surface area contributed by atoms with Crippen molar-refractivity contribution in [3.8, 4) is 5.75 Å². The average Bonchev–Trinajstić information content (AvgIpc) is 2.18. The van der Waals surface area contributed by atoms with Crippen molar-refractivity contribution in [3.05, 3.63) is 28.2 Å². The van der Waals surface area contributed by atoms with E-state index < -0.39 is 0 Å². The molecular formula is C10H13Cl2NO2. The van der Waals surface area contributed by atoms with Crippen LogP contribution in [0.5, 0.6) is 5.75 Å². The summed E-state index contributed by atoms with van der Waals surface area (Å²) in [7, 11) is 1.76. The van der Waals surface area contributed by atoms with Gasteiger partial charge in [0, 0.05) is 10.0 Å². The second-order valence-corrected chi connectivity index (χ2v) is 3.96. The third-order valence-corrected chi connectivity index (χ3v) is 2.35. The lowest BCUT2D eigenvalue weighted by Crippen LogP contribution is -2.34.